The Kier molecular flexibility index (Phi) is 3.95. The van der Waals surface area contributed by atoms with Crippen LogP contribution >= 0.6 is 11.6 Å². The van der Waals surface area contributed by atoms with E-state index in [-0.39, 0.29) is 0 Å². The minimum atomic E-state index is 0.321. The van der Waals surface area contributed by atoms with Gasteiger partial charge in [0, 0.05) is 17.5 Å². The minimum absolute atomic E-state index is 0.321. The Bertz CT molecular complexity index is 597. The normalized spacial score (nSPS) is 18.2. The van der Waals surface area contributed by atoms with Crippen LogP contribution in [0.25, 0.3) is 0 Å². The summed E-state index contributed by atoms with van der Waals surface area (Å²) in [4.78, 5) is 0. The topological polar surface area (TPSA) is 21.3 Å². The number of rotatable bonds is 2. The van der Waals surface area contributed by atoms with E-state index >= 15 is 0 Å². The molecular formula is C17H18ClNO. The van der Waals surface area contributed by atoms with Gasteiger partial charge in [-0.1, -0.05) is 41.9 Å². The first-order chi connectivity index (χ1) is 9.79. The third-order valence-electron chi connectivity index (χ3n) is 3.92. The number of methoxy groups -OCH3 is 1. The lowest BCUT2D eigenvalue weighted by Crippen LogP contribution is -2.20. The Morgan fingerprint density at radius 3 is 2.75 bits per heavy atom. The largest absolute Gasteiger partial charge is 0.497 e. The number of ether oxygens (including phenoxy) is 1. The summed E-state index contributed by atoms with van der Waals surface area (Å²) in [5.41, 5.74) is 3.84. The van der Waals surface area contributed by atoms with Crippen LogP contribution < -0.4 is 10.1 Å². The van der Waals surface area contributed by atoms with E-state index in [9.17, 15) is 0 Å². The van der Waals surface area contributed by atoms with Crippen LogP contribution in [0.2, 0.25) is 5.02 Å². The van der Waals surface area contributed by atoms with E-state index in [2.05, 4.69) is 35.6 Å². The molecule has 0 saturated carbocycles. The first-order valence-corrected chi connectivity index (χ1v) is 7.29. The predicted molar refractivity (Wildman–Crippen MR) is 82.9 cm³/mol. The van der Waals surface area contributed by atoms with Gasteiger partial charge in [-0.25, -0.2) is 0 Å². The fraction of sp³-hybridized carbons (Fsp3) is 0.294. The number of fused-ring (bicyclic) bond motifs is 1. The second-order valence-corrected chi connectivity index (χ2v) is 5.50. The molecule has 2 nitrogen and oxygen atoms in total. The van der Waals surface area contributed by atoms with Crippen LogP contribution in [-0.4, -0.2) is 20.2 Å². The summed E-state index contributed by atoms with van der Waals surface area (Å²) in [5, 5.41) is 4.32. The summed E-state index contributed by atoms with van der Waals surface area (Å²) < 4.78 is 5.38. The van der Waals surface area contributed by atoms with E-state index in [0.717, 1.165) is 30.3 Å². The van der Waals surface area contributed by atoms with E-state index < -0.39 is 0 Å². The molecule has 1 heterocycles. The van der Waals surface area contributed by atoms with Crippen molar-refractivity contribution in [3.63, 3.8) is 0 Å². The lowest BCUT2D eigenvalue weighted by Gasteiger charge is -2.20. The maximum Gasteiger partial charge on any atom is 0.120 e. The van der Waals surface area contributed by atoms with Crippen LogP contribution in [0, 0.1) is 0 Å². The molecule has 2 aromatic rings. The summed E-state index contributed by atoms with van der Waals surface area (Å²) in [6, 6.07) is 14.6. The zero-order valence-electron chi connectivity index (χ0n) is 11.5. The van der Waals surface area contributed by atoms with Gasteiger partial charge in [-0.05, 0) is 41.8 Å². The fourth-order valence-corrected chi connectivity index (χ4v) is 3.19. The zero-order chi connectivity index (χ0) is 13.9. The Hall–Kier alpha value is -1.51. The molecule has 1 unspecified atom stereocenters. The van der Waals surface area contributed by atoms with Crippen molar-refractivity contribution >= 4 is 11.6 Å². The molecule has 0 saturated heterocycles. The molecular weight excluding hydrogens is 270 g/mol. The lowest BCUT2D eigenvalue weighted by molar-refractivity contribution is 0.414. The highest BCUT2D eigenvalue weighted by molar-refractivity contribution is 6.31. The average molecular weight is 288 g/mol. The van der Waals surface area contributed by atoms with Gasteiger partial charge >= 0.3 is 0 Å². The van der Waals surface area contributed by atoms with Crippen LogP contribution in [-0.2, 0) is 6.42 Å². The highest BCUT2D eigenvalue weighted by atomic mass is 35.5. The van der Waals surface area contributed by atoms with Gasteiger partial charge < -0.3 is 10.1 Å². The van der Waals surface area contributed by atoms with Crippen molar-refractivity contribution < 1.29 is 4.74 Å². The van der Waals surface area contributed by atoms with Gasteiger partial charge in [-0.15, -0.1) is 0 Å². The molecule has 20 heavy (non-hydrogen) atoms. The van der Waals surface area contributed by atoms with Crippen molar-refractivity contribution in [2.75, 3.05) is 20.2 Å². The molecule has 0 aromatic heterocycles. The molecule has 0 fully saturated rings. The minimum Gasteiger partial charge on any atom is -0.497 e. The van der Waals surface area contributed by atoms with Gasteiger partial charge in [-0.3, -0.25) is 0 Å². The first kappa shape index (κ1) is 13.5. The molecule has 0 radical (unpaired) electrons. The van der Waals surface area contributed by atoms with Crippen molar-refractivity contribution in [2.45, 2.75) is 12.3 Å². The maximum absolute atomic E-state index is 6.44. The van der Waals surface area contributed by atoms with Gasteiger partial charge in [0.15, 0.2) is 0 Å². The van der Waals surface area contributed by atoms with Crippen LogP contribution in [0.4, 0.5) is 0 Å². The van der Waals surface area contributed by atoms with Gasteiger partial charge in [0.25, 0.3) is 0 Å². The molecule has 0 aliphatic carbocycles. The molecule has 0 amide bonds. The van der Waals surface area contributed by atoms with E-state index in [1.54, 1.807) is 7.11 Å². The SMILES string of the molecule is COc1cc(Cl)c2c(c1)C(c1ccccc1)CNCC2. The second-order valence-electron chi connectivity index (χ2n) is 5.09. The number of nitrogens with one attached hydrogen (secondary N) is 1. The van der Waals surface area contributed by atoms with E-state index in [1.165, 1.54) is 16.7 Å². The Morgan fingerprint density at radius 1 is 1.20 bits per heavy atom. The van der Waals surface area contributed by atoms with Crippen LogP contribution in [0.15, 0.2) is 42.5 Å². The summed E-state index contributed by atoms with van der Waals surface area (Å²) in [6.45, 7) is 1.89. The molecule has 104 valence electrons. The highest BCUT2D eigenvalue weighted by Gasteiger charge is 2.22. The molecule has 3 heteroatoms. The number of hydrogen-bond donors (Lipinski definition) is 1. The van der Waals surface area contributed by atoms with Crippen molar-refractivity contribution in [3.8, 4) is 5.75 Å². The molecule has 1 atom stereocenters. The summed E-state index contributed by atoms with van der Waals surface area (Å²) in [5.74, 6) is 1.15. The Balaban J connectivity index is 2.13. The van der Waals surface area contributed by atoms with Gasteiger partial charge in [0.05, 0.1) is 7.11 Å². The summed E-state index contributed by atoms with van der Waals surface area (Å²) in [6.07, 6.45) is 0.960. The highest BCUT2D eigenvalue weighted by Crippen LogP contribution is 2.35. The third-order valence-corrected chi connectivity index (χ3v) is 4.25. The van der Waals surface area contributed by atoms with Crippen molar-refractivity contribution in [1.29, 1.82) is 0 Å². The number of benzene rings is 2. The van der Waals surface area contributed by atoms with E-state index in [1.807, 2.05) is 12.1 Å². The van der Waals surface area contributed by atoms with Crippen molar-refractivity contribution in [2.24, 2.45) is 0 Å². The second kappa shape index (κ2) is 5.86. The molecule has 0 bridgehead atoms. The summed E-state index contributed by atoms with van der Waals surface area (Å²) >= 11 is 6.44. The maximum atomic E-state index is 6.44. The van der Waals surface area contributed by atoms with Crippen LogP contribution in [0.5, 0.6) is 5.75 Å². The van der Waals surface area contributed by atoms with Gasteiger partial charge in [0.2, 0.25) is 0 Å². The quantitative estimate of drug-likeness (QED) is 0.911. The first-order valence-electron chi connectivity index (χ1n) is 6.91. The lowest BCUT2D eigenvalue weighted by atomic mass is 9.88. The standard InChI is InChI=1S/C17H18ClNO/c1-20-13-9-15-14(17(18)10-13)7-8-19-11-16(15)12-5-3-2-4-6-12/h2-6,9-10,16,19H,7-8,11H2,1H3. The third kappa shape index (κ3) is 2.54. The van der Waals surface area contributed by atoms with Gasteiger partial charge in [0.1, 0.15) is 5.75 Å². The van der Waals surface area contributed by atoms with E-state index in [4.69, 9.17) is 16.3 Å². The molecule has 0 spiro atoms. The molecule has 1 N–H and O–H groups in total. The van der Waals surface area contributed by atoms with Crippen molar-refractivity contribution in [3.05, 3.63) is 64.2 Å². The fourth-order valence-electron chi connectivity index (χ4n) is 2.88. The van der Waals surface area contributed by atoms with Crippen LogP contribution in [0.1, 0.15) is 22.6 Å². The Labute approximate surface area is 124 Å². The smallest absolute Gasteiger partial charge is 0.120 e. The van der Waals surface area contributed by atoms with Crippen molar-refractivity contribution in [1.82, 2.24) is 5.32 Å². The van der Waals surface area contributed by atoms with Gasteiger partial charge in [-0.2, -0.15) is 0 Å². The Morgan fingerprint density at radius 2 is 2.00 bits per heavy atom. The molecule has 1 aliphatic heterocycles. The average Bonchev–Trinajstić information content (AvgIpc) is 2.70. The zero-order valence-corrected chi connectivity index (χ0v) is 12.3. The monoisotopic (exact) mass is 287 g/mol. The number of hydrogen-bond acceptors (Lipinski definition) is 2. The molecule has 3 rings (SSSR count). The predicted octanol–water partition coefficient (Wildman–Crippen LogP) is 3.63. The number of halogens is 1. The molecule has 1 aliphatic rings. The van der Waals surface area contributed by atoms with Crippen LogP contribution in [0.3, 0.4) is 0 Å². The summed E-state index contributed by atoms with van der Waals surface area (Å²) in [7, 11) is 1.69. The molecule has 2 aromatic carbocycles. The van der Waals surface area contributed by atoms with E-state index in [0.29, 0.717) is 5.92 Å².